The van der Waals surface area contributed by atoms with E-state index >= 15 is 0 Å². The minimum Gasteiger partial charge on any atom is -0.382 e. The van der Waals surface area contributed by atoms with Crippen LogP contribution < -0.4 is 5.73 Å². The van der Waals surface area contributed by atoms with Crippen molar-refractivity contribution in [2.75, 3.05) is 18.8 Å². The summed E-state index contributed by atoms with van der Waals surface area (Å²) in [7, 11) is 0. The first-order valence-electron chi connectivity index (χ1n) is 14.6. The summed E-state index contributed by atoms with van der Waals surface area (Å²) >= 11 is 0. The van der Waals surface area contributed by atoms with Crippen LogP contribution in [0.2, 0.25) is 0 Å². The van der Waals surface area contributed by atoms with Gasteiger partial charge in [-0.2, -0.15) is 0 Å². The van der Waals surface area contributed by atoms with Crippen LogP contribution in [0, 0.1) is 0 Å². The molecular weight excluding hydrogens is 552 g/mol. The third-order valence-corrected chi connectivity index (χ3v) is 8.30. The summed E-state index contributed by atoms with van der Waals surface area (Å²) in [6.45, 7) is 2.88. The van der Waals surface area contributed by atoms with Crippen molar-refractivity contribution in [3.63, 3.8) is 0 Å². The number of hydrogen-bond acceptors (Lipinski definition) is 10. The highest BCUT2D eigenvalue weighted by Gasteiger charge is 2.23. The summed E-state index contributed by atoms with van der Waals surface area (Å²) in [5.74, 6) is 1.02. The zero-order valence-electron chi connectivity index (χ0n) is 23.7. The molecule has 3 aromatic carbocycles. The molecule has 216 valence electrons. The second-order valence-electron chi connectivity index (χ2n) is 11.0. The van der Waals surface area contributed by atoms with Gasteiger partial charge in [0.15, 0.2) is 17.3 Å². The number of benzene rings is 3. The van der Waals surface area contributed by atoms with Gasteiger partial charge in [-0.3, -0.25) is 4.90 Å². The number of tetrazole rings is 1. The molecule has 4 aromatic heterocycles. The molecule has 12 heteroatoms. The van der Waals surface area contributed by atoms with Crippen LogP contribution in [0.4, 0.5) is 5.82 Å². The van der Waals surface area contributed by atoms with Gasteiger partial charge in [0.05, 0.1) is 28.7 Å². The maximum atomic E-state index is 5.99. The predicted octanol–water partition coefficient (Wildman–Crippen LogP) is 4.70. The number of aromatic nitrogens is 10. The lowest BCUT2D eigenvalue weighted by molar-refractivity contribution is 0.181. The van der Waals surface area contributed by atoms with E-state index in [1.165, 1.54) is 11.9 Å². The summed E-state index contributed by atoms with van der Waals surface area (Å²) in [5.41, 5.74) is 14.9. The molecule has 7 aromatic rings. The topological polar surface area (TPSA) is 153 Å². The normalized spacial score (nSPS) is 14.5. The first kappa shape index (κ1) is 26.0. The van der Waals surface area contributed by atoms with E-state index in [0.717, 1.165) is 77.2 Å². The number of fused-ring (bicyclic) bond motifs is 2. The van der Waals surface area contributed by atoms with Crippen molar-refractivity contribution in [2.24, 2.45) is 0 Å². The fourth-order valence-electron chi connectivity index (χ4n) is 6.00. The number of imidazole rings is 1. The summed E-state index contributed by atoms with van der Waals surface area (Å²) < 4.78 is 2.15. The Kier molecular flexibility index (Phi) is 6.45. The Morgan fingerprint density at radius 2 is 1.55 bits per heavy atom. The zero-order valence-corrected chi connectivity index (χ0v) is 23.7. The summed E-state index contributed by atoms with van der Waals surface area (Å²) in [6, 6.07) is 25.1. The lowest BCUT2D eigenvalue weighted by atomic mass is 10.0. The number of likely N-dealkylation sites (tertiary alicyclic amines) is 1. The van der Waals surface area contributed by atoms with Crippen molar-refractivity contribution in [3.8, 4) is 33.9 Å². The van der Waals surface area contributed by atoms with Gasteiger partial charge in [0, 0.05) is 42.4 Å². The van der Waals surface area contributed by atoms with Gasteiger partial charge >= 0.3 is 0 Å². The van der Waals surface area contributed by atoms with Gasteiger partial charge in [0.2, 0.25) is 0 Å². The largest absolute Gasteiger partial charge is 0.382 e. The summed E-state index contributed by atoms with van der Waals surface area (Å²) in [5, 5.41) is 14.2. The van der Waals surface area contributed by atoms with E-state index in [4.69, 9.17) is 15.7 Å². The number of nitrogens with two attached hydrogens (primary N) is 1. The first-order valence-corrected chi connectivity index (χ1v) is 14.6. The van der Waals surface area contributed by atoms with Crippen LogP contribution in [-0.2, 0) is 6.54 Å². The minimum absolute atomic E-state index is 0.347. The van der Waals surface area contributed by atoms with Crippen molar-refractivity contribution < 1.29 is 0 Å². The maximum absolute atomic E-state index is 5.99. The number of anilines is 1. The number of nitrogens with zero attached hydrogens (tertiary/aromatic N) is 10. The fraction of sp³-hybridized carbons (Fsp3) is 0.188. The Bertz CT molecular complexity index is 2060. The predicted molar refractivity (Wildman–Crippen MR) is 167 cm³/mol. The third kappa shape index (κ3) is 4.80. The van der Waals surface area contributed by atoms with Gasteiger partial charge in [-0.05, 0) is 47.0 Å². The zero-order chi connectivity index (χ0) is 29.5. The van der Waals surface area contributed by atoms with Crippen LogP contribution >= 0.6 is 0 Å². The molecule has 3 N–H and O–H groups in total. The van der Waals surface area contributed by atoms with E-state index in [2.05, 4.69) is 81.4 Å². The quantitative estimate of drug-likeness (QED) is 0.283. The molecule has 1 fully saturated rings. The number of aromatic amines is 1. The minimum atomic E-state index is 0.347. The van der Waals surface area contributed by atoms with Gasteiger partial charge in [-0.15, -0.1) is 5.10 Å². The van der Waals surface area contributed by atoms with Gasteiger partial charge in [-0.25, -0.2) is 30.0 Å². The molecule has 1 aliphatic rings. The number of rotatable bonds is 6. The monoisotopic (exact) mass is 580 g/mol. The second-order valence-corrected chi connectivity index (χ2v) is 11.0. The molecule has 1 saturated heterocycles. The maximum Gasteiger partial charge on any atom is 0.179 e. The molecule has 44 heavy (non-hydrogen) atoms. The van der Waals surface area contributed by atoms with Crippen molar-refractivity contribution in [2.45, 2.75) is 25.4 Å². The van der Waals surface area contributed by atoms with E-state index in [9.17, 15) is 0 Å². The number of nitrogens with one attached hydrogen (secondary N) is 1. The smallest absolute Gasteiger partial charge is 0.179 e. The molecule has 0 bridgehead atoms. The Hall–Kier alpha value is -5.62. The van der Waals surface area contributed by atoms with Crippen molar-refractivity contribution >= 4 is 28.0 Å². The van der Waals surface area contributed by atoms with Crippen LogP contribution in [0.25, 0.3) is 56.1 Å². The lowest BCUT2D eigenvalue weighted by Gasteiger charge is -2.32. The van der Waals surface area contributed by atoms with Crippen LogP contribution in [0.5, 0.6) is 0 Å². The van der Waals surface area contributed by atoms with Gasteiger partial charge in [0.1, 0.15) is 11.8 Å². The highest BCUT2D eigenvalue weighted by molar-refractivity contribution is 5.88. The highest BCUT2D eigenvalue weighted by Crippen LogP contribution is 2.33. The molecule has 0 spiro atoms. The van der Waals surface area contributed by atoms with Crippen molar-refractivity contribution in [3.05, 3.63) is 91.0 Å². The standard InChI is InChI=1S/C32H28N12/c33-30-29-32(35-18-34-30)44(19-36-29)24-12-14-43(15-13-24)17-20-6-8-22(9-7-20)28-27(21-4-2-1-3-5-21)38-26-16-23(10-11-25(26)37-28)31-39-41-42-40-31/h1-11,16,18-19,24H,12-15,17H2,(H2,33,34,35)(H,39,40,41,42). The molecule has 0 saturated carbocycles. The van der Waals surface area contributed by atoms with E-state index in [-0.39, 0.29) is 0 Å². The van der Waals surface area contributed by atoms with E-state index in [1.54, 1.807) is 0 Å². The second kappa shape index (κ2) is 10.9. The average Bonchev–Trinajstić information content (AvgIpc) is 3.77. The van der Waals surface area contributed by atoms with E-state index in [0.29, 0.717) is 23.2 Å². The van der Waals surface area contributed by atoms with Crippen LogP contribution in [-0.4, -0.2) is 68.1 Å². The summed E-state index contributed by atoms with van der Waals surface area (Å²) in [6.07, 6.45) is 5.40. The fourth-order valence-corrected chi connectivity index (χ4v) is 6.00. The number of piperidine rings is 1. The molecule has 12 nitrogen and oxygen atoms in total. The van der Waals surface area contributed by atoms with Crippen molar-refractivity contribution in [1.82, 2.24) is 55.0 Å². The number of nitrogen functional groups attached to an aromatic ring is 1. The molecule has 0 amide bonds. The Morgan fingerprint density at radius 1 is 0.795 bits per heavy atom. The number of hydrogen-bond donors (Lipinski definition) is 2. The average molecular weight is 581 g/mol. The molecule has 0 radical (unpaired) electrons. The third-order valence-electron chi connectivity index (χ3n) is 8.30. The summed E-state index contributed by atoms with van der Waals surface area (Å²) in [4.78, 5) is 25.6. The Morgan fingerprint density at radius 3 is 2.32 bits per heavy atom. The molecule has 0 atom stereocenters. The van der Waals surface area contributed by atoms with E-state index < -0.39 is 0 Å². The SMILES string of the molecule is Nc1ncnc2c1ncn2C1CCN(Cc2ccc(-c3nc4ccc(-c5nnn[nH]5)cc4nc3-c3ccccc3)cc2)CC1. The highest BCUT2D eigenvalue weighted by atomic mass is 15.5. The molecule has 8 rings (SSSR count). The van der Waals surface area contributed by atoms with Gasteiger partial charge in [0.25, 0.3) is 0 Å². The van der Waals surface area contributed by atoms with Crippen molar-refractivity contribution in [1.29, 1.82) is 0 Å². The van der Waals surface area contributed by atoms with Crippen LogP contribution in [0.3, 0.4) is 0 Å². The molecule has 0 unspecified atom stereocenters. The lowest BCUT2D eigenvalue weighted by Crippen LogP contribution is -2.34. The van der Waals surface area contributed by atoms with Crippen LogP contribution in [0.1, 0.15) is 24.4 Å². The van der Waals surface area contributed by atoms with Gasteiger partial charge < -0.3 is 10.3 Å². The Labute approximate surface area is 252 Å². The van der Waals surface area contributed by atoms with Gasteiger partial charge in [-0.1, -0.05) is 54.6 Å². The number of H-pyrrole nitrogens is 1. The molecule has 1 aliphatic heterocycles. The van der Waals surface area contributed by atoms with E-state index in [1.807, 2.05) is 42.7 Å². The van der Waals surface area contributed by atoms with Crippen LogP contribution in [0.15, 0.2) is 85.5 Å². The first-order chi connectivity index (χ1) is 21.7. The molecule has 0 aliphatic carbocycles. The Balaban J connectivity index is 1.03. The molecule has 5 heterocycles. The molecular formula is C32H28N12.